The standard InChI is InChI=1S/C50H46N4O.C42H30N4OS/c1-48(2,3)33-25-27-40-36(29-33)37-30-34(49(4,5)6)26-28-41(37)54(40)42-24-16-23-39-44(42)55-43-35(21-15-22-38(43)50(39,7)8)47-52-45(31-17-11-9-12-18-31)51-46(53-47)32-19-13-10-14-20-32;1-42(2)30-20-13-19-29(41-44-39(27-15-5-3-6-16-27)43-40(45-41)28-17-7-4-8-18-28)37(30)47-38-31(42)21-14-24-34(38)46-32-22-9-11-25-35(32)48-36-26-12-10-23-33(36)46/h9-30H,1-8H3;3-26H,1-2H3. The number of rotatable bonds is 8. The molecule has 6 heterocycles. The molecule has 0 amide bonds. The van der Waals surface area contributed by atoms with Gasteiger partial charge in [-0.1, -0.05) is 287 Å². The molecule has 0 bridgehead atoms. The van der Waals surface area contributed by atoms with Crippen LogP contribution in [0.3, 0.4) is 0 Å². The summed E-state index contributed by atoms with van der Waals surface area (Å²) < 4.78 is 16.8. The molecule has 0 spiro atoms. The molecule has 3 aromatic heterocycles. The van der Waals surface area contributed by atoms with Crippen molar-refractivity contribution in [2.24, 2.45) is 0 Å². The van der Waals surface area contributed by atoms with Gasteiger partial charge in [0.1, 0.15) is 11.5 Å². The van der Waals surface area contributed by atoms with E-state index in [1.54, 1.807) is 11.8 Å². The average Bonchev–Trinajstić information content (AvgIpc) is 1.71. The smallest absolute Gasteiger partial charge is 0.167 e. The van der Waals surface area contributed by atoms with E-state index < -0.39 is 0 Å². The van der Waals surface area contributed by atoms with Crippen molar-refractivity contribution >= 4 is 50.6 Å². The third-order valence-electron chi connectivity index (χ3n) is 20.4. The molecule has 0 saturated heterocycles. The molecular formula is C92H76N8O2S. The predicted molar refractivity (Wildman–Crippen MR) is 420 cm³/mol. The summed E-state index contributed by atoms with van der Waals surface area (Å²) in [4.78, 5) is 35.0. The summed E-state index contributed by atoms with van der Waals surface area (Å²) >= 11 is 1.80. The van der Waals surface area contributed by atoms with Crippen molar-refractivity contribution < 1.29 is 9.47 Å². The first-order chi connectivity index (χ1) is 49.8. The molecule has 0 saturated carbocycles. The number of aromatic nitrogens is 7. The van der Waals surface area contributed by atoms with E-state index in [9.17, 15) is 0 Å². The van der Waals surface area contributed by atoms with Gasteiger partial charge in [-0.25, -0.2) is 29.9 Å². The van der Waals surface area contributed by atoms with Crippen LogP contribution in [0.15, 0.2) is 289 Å². The number of para-hydroxylation sites is 6. The molecule has 3 aliphatic heterocycles. The van der Waals surface area contributed by atoms with Crippen molar-refractivity contribution in [3.05, 3.63) is 312 Å². The van der Waals surface area contributed by atoms with Crippen LogP contribution in [-0.2, 0) is 21.7 Å². The Bertz CT molecular complexity index is 5590. The molecule has 103 heavy (non-hydrogen) atoms. The highest BCUT2D eigenvalue weighted by molar-refractivity contribution is 7.99. The van der Waals surface area contributed by atoms with Crippen LogP contribution in [0.25, 0.3) is 95.8 Å². The summed E-state index contributed by atoms with van der Waals surface area (Å²) in [5.74, 6) is 6.82. The maximum atomic E-state index is 7.28. The molecule has 11 heteroatoms. The summed E-state index contributed by atoms with van der Waals surface area (Å²) in [5.41, 5.74) is 18.3. The van der Waals surface area contributed by atoms with E-state index in [2.05, 4.69) is 236 Å². The molecule has 0 radical (unpaired) electrons. The fourth-order valence-electron chi connectivity index (χ4n) is 14.8. The highest BCUT2D eigenvalue weighted by Gasteiger charge is 2.41. The highest BCUT2D eigenvalue weighted by atomic mass is 32.2. The molecule has 502 valence electrons. The Labute approximate surface area is 605 Å². The van der Waals surface area contributed by atoms with Gasteiger partial charge < -0.3 is 18.9 Å². The summed E-state index contributed by atoms with van der Waals surface area (Å²) in [6.45, 7) is 22.8. The predicted octanol–water partition coefficient (Wildman–Crippen LogP) is 24.2. The Kier molecular flexibility index (Phi) is 15.7. The van der Waals surface area contributed by atoms with E-state index in [-0.39, 0.29) is 21.7 Å². The van der Waals surface area contributed by atoms with Gasteiger partial charge >= 0.3 is 0 Å². The molecule has 15 aromatic rings. The quantitative estimate of drug-likeness (QED) is 0.146. The average molecular weight is 1360 g/mol. The Morgan fingerprint density at radius 2 is 0.612 bits per heavy atom. The topological polar surface area (TPSA) is 104 Å². The monoisotopic (exact) mass is 1360 g/mol. The zero-order chi connectivity index (χ0) is 70.5. The van der Waals surface area contributed by atoms with Crippen LogP contribution in [0.4, 0.5) is 17.1 Å². The molecule has 10 nitrogen and oxygen atoms in total. The largest absolute Gasteiger partial charge is 0.454 e. The van der Waals surface area contributed by atoms with Crippen molar-refractivity contribution in [2.45, 2.75) is 101 Å². The Morgan fingerprint density at radius 3 is 0.990 bits per heavy atom. The molecule has 0 atom stereocenters. The Balaban J connectivity index is 0.000000154. The van der Waals surface area contributed by atoms with Gasteiger partial charge in [0.05, 0.1) is 44.9 Å². The van der Waals surface area contributed by atoms with Crippen molar-refractivity contribution in [1.82, 2.24) is 34.5 Å². The minimum Gasteiger partial charge on any atom is -0.454 e. The van der Waals surface area contributed by atoms with Crippen LogP contribution in [0.2, 0.25) is 0 Å². The van der Waals surface area contributed by atoms with Gasteiger partial charge in [-0.15, -0.1) is 0 Å². The summed E-state index contributed by atoms with van der Waals surface area (Å²) in [6, 6.07) is 97.2. The van der Waals surface area contributed by atoms with Gasteiger partial charge in [0.15, 0.2) is 46.4 Å². The second-order valence-corrected chi connectivity index (χ2v) is 31.0. The van der Waals surface area contributed by atoms with Crippen molar-refractivity contribution in [1.29, 1.82) is 0 Å². The van der Waals surface area contributed by atoms with Gasteiger partial charge in [-0.2, -0.15) is 0 Å². The number of anilines is 3. The number of benzene rings is 12. The van der Waals surface area contributed by atoms with Crippen LogP contribution in [0, 0.1) is 0 Å². The van der Waals surface area contributed by atoms with Crippen LogP contribution in [-0.4, -0.2) is 34.5 Å². The minimum absolute atomic E-state index is 0.0131. The zero-order valence-electron chi connectivity index (χ0n) is 59.4. The molecule has 0 fully saturated rings. The van der Waals surface area contributed by atoms with Crippen LogP contribution in [0.1, 0.15) is 103 Å². The van der Waals surface area contributed by atoms with E-state index in [0.717, 1.165) is 112 Å². The minimum atomic E-state index is -0.385. The van der Waals surface area contributed by atoms with E-state index in [1.807, 2.05) is 121 Å². The molecule has 0 N–H and O–H groups in total. The second-order valence-electron chi connectivity index (χ2n) is 29.9. The highest BCUT2D eigenvalue weighted by Crippen LogP contribution is 2.59. The second kappa shape index (κ2) is 25.1. The summed E-state index contributed by atoms with van der Waals surface area (Å²) in [6.07, 6.45) is 0. The van der Waals surface area contributed by atoms with Gasteiger partial charge in [-0.05, 0) is 94.8 Å². The third-order valence-corrected chi connectivity index (χ3v) is 21.5. The van der Waals surface area contributed by atoms with Crippen molar-refractivity contribution in [3.8, 4) is 97.0 Å². The lowest BCUT2D eigenvalue weighted by atomic mass is 9.75. The van der Waals surface area contributed by atoms with Gasteiger partial charge in [0, 0.05) is 75.9 Å². The van der Waals surface area contributed by atoms with E-state index >= 15 is 0 Å². The lowest BCUT2D eigenvalue weighted by Gasteiger charge is -2.39. The number of hydrogen-bond donors (Lipinski definition) is 0. The lowest BCUT2D eigenvalue weighted by Crippen LogP contribution is -2.26. The first-order valence-electron chi connectivity index (χ1n) is 35.2. The normalized spacial score (nSPS) is 13.8. The number of fused-ring (bicyclic) bond motifs is 9. The third kappa shape index (κ3) is 11.4. The Morgan fingerprint density at radius 1 is 0.301 bits per heavy atom. The fraction of sp³-hybridized carbons (Fsp3) is 0.152. The lowest BCUT2D eigenvalue weighted by molar-refractivity contribution is 0.418. The number of nitrogens with zero attached hydrogens (tertiary/aromatic N) is 8. The van der Waals surface area contributed by atoms with Gasteiger partial charge in [0.25, 0.3) is 0 Å². The molecule has 18 rings (SSSR count). The molecule has 12 aromatic carbocycles. The van der Waals surface area contributed by atoms with Gasteiger partial charge in [-0.3, -0.25) is 0 Å². The first-order valence-corrected chi connectivity index (χ1v) is 36.1. The van der Waals surface area contributed by atoms with E-state index in [4.69, 9.17) is 39.4 Å². The van der Waals surface area contributed by atoms with E-state index in [0.29, 0.717) is 34.9 Å². The first kappa shape index (κ1) is 64.6. The van der Waals surface area contributed by atoms with Gasteiger partial charge in [0.2, 0.25) is 0 Å². The number of ether oxygens (including phenoxy) is 2. The summed E-state index contributed by atoms with van der Waals surface area (Å²) in [5, 5.41) is 2.49. The van der Waals surface area contributed by atoms with Crippen molar-refractivity contribution in [3.63, 3.8) is 0 Å². The molecule has 0 unspecified atom stereocenters. The molecular weight excluding hydrogens is 1280 g/mol. The fourth-order valence-corrected chi connectivity index (χ4v) is 15.8. The number of hydrogen-bond acceptors (Lipinski definition) is 10. The maximum Gasteiger partial charge on any atom is 0.167 e. The van der Waals surface area contributed by atoms with Crippen LogP contribution < -0.4 is 14.4 Å². The Hall–Kier alpha value is -11.8. The molecule has 3 aliphatic rings. The van der Waals surface area contributed by atoms with Crippen LogP contribution in [0.5, 0.6) is 23.0 Å². The molecule has 0 aliphatic carbocycles. The van der Waals surface area contributed by atoms with Crippen LogP contribution >= 0.6 is 11.8 Å². The zero-order valence-corrected chi connectivity index (χ0v) is 60.2. The SMILES string of the molecule is CC(C)(C)c1ccc2c(c1)c1cc(C(C)(C)C)ccc1n2-c1cccc2c1Oc1c(-c3nc(-c4ccccc4)nc(-c4ccccc4)n3)cccc1C2(C)C.CC1(C)c2cccc(-c3nc(-c4ccccc4)nc(-c4ccccc4)n3)c2Oc2c(N3c4ccccc4Sc4ccccc43)cccc21. The summed E-state index contributed by atoms with van der Waals surface area (Å²) in [7, 11) is 0. The van der Waals surface area contributed by atoms with E-state index in [1.165, 1.54) is 31.7 Å². The van der Waals surface area contributed by atoms with Crippen molar-refractivity contribution in [2.75, 3.05) is 4.90 Å². The maximum absolute atomic E-state index is 7.28.